The second kappa shape index (κ2) is 4.83. The first-order chi connectivity index (χ1) is 8.56. The summed E-state index contributed by atoms with van der Waals surface area (Å²) in [5, 5.41) is 2.65. The van der Waals surface area contributed by atoms with Crippen molar-refractivity contribution in [3.63, 3.8) is 0 Å². The zero-order valence-electron chi connectivity index (χ0n) is 10.1. The number of hydrogen-bond donors (Lipinski definition) is 1. The number of hydrogen-bond acceptors (Lipinski definition) is 4. The summed E-state index contributed by atoms with van der Waals surface area (Å²) in [6.45, 7) is 3.16. The monoisotopic (exact) mass is 244 g/mol. The molecule has 2 aromatic rings. The fraction of sp³-hybridized carbons (Fsp3) is 0.154. The Balaban J connectivity index is 2.10. The fourth-order valence-electron chi connectivity index (χ4n) is 1.45. The van der Waals surface area contributed by atoms with Gasteiger partial charge in [0, 0.05) is 18.2 Å². The number of oxazole rings is 1. The summed E-state index contributed by atoms with van der Waals surface area (Å²) < 4.78 is 5.10. The van der Waals surface area contributed by atoms with Crippen molar-refractivity contribution in [1.82, 2.24) is 4.98 Å². The van der Waals surface area contributed by atoms with Gasteiger partial charge < -0.3 is 9.73 Å². The van der Waals surface area contributed by atoms with Gasteiger partial charge in [0.1, 0.15) is 0 Å². The zero-order valence-corrected chi connectivity index (χ0v) is 10.1. The maximum atomic E-state index is 11.7. The molecule has 0 aliphatic heterocycles. The van der Waals surface area contributed by atoms with E-state index in [2.05, 4.69) is 10.3 Å². The average molecular weight is 244 g/mol. The van der Waals surface area contributed by atoms with E-state index in [-0.39, 0.29) is 17.5 Å². The second-order valence-electron chi connectivity index (χ2n) is 3.83. The molecule has 0 saturated heterocycles. The van der Waals surface area contributed by atoms with E-state index in [1.807, 2.05) is 0 Å². The van der Waals surface area contributed by atoms with Crippen LogP contribution in [-0.4, -0.2) is 16.7 Å². The Morgan fingerprint density at radius 1 is 1.22 bits per heavy atom. The van der Waals surface area contributed by atoms with Crippen LogP contribution in [0.5, 0.6) is 0 Å². The predicted octanol–water partition coefficient (Wildman–Crippen LogP) is 2.44. The minimum absolute atomic E-state index is 0.0151. The standard InChI is InChI=1S/C13H12N2O3/c1-8(16)10-3-5-11(6-4-10)15-13(17)12-7-14-9(2)18-12/h3-7H,1-2H3,(H,15,17). The number of ketones is 1. The molecular weight excluding hydrogens is 232 g/mol. The average Bonchev–Trinajstić information content (AvgIpc) is 2.76. The van der Waals surface area contributed by atoms with Crippen molar-refractivity contribution in [1.29, 1.82) is 0 Å². The lowest BCUT2D eigenvalue weighted by molar-refractivity contribution is 0.0993. The van der Waals surface area contributed by atoms with Gasteiger partial charge >= 0.3 is 0 Å². The van der Waals surface area contributed by atoms with E-state index in [1.54, 1.807) is 31.2 Å². The molecule has 0 atom stereocenters. The van der Waals surface area contributed by atoms with E-state index in [4.69, 9.17) is 4.42 Å². The molecule has 0 unspecified atom stereocenters. The number of Topliss-reactive ketones (excluding diaryl/α,β-unsaturated/α-hetero) is 1. The van der Waals surface area contributed by atoms with Crippen LogP contribution in [0.1, 0.15) is 33.7 Å². The van der Waals surface area contributed by atoms with Crippen LogP contribution < -0.4 is 5.32 Å². The van der Waals surface area contributed by atoms with Crippen LogP contribution in [-0.2, 0) is 0 Å². The normalized spacial score (nSPS) is 10.1. The van der Waals surface area contributed by atoms with Gasteiger partial charge in [-0.2, -0.15) is 0 Å². The Hall–Kier alpha value is -2.43. The van der Waals surface area contributed by atoms with E-state index in [1.165, 1.54) is 13.1 Å². The van der Waals surface area contributed by atoms with Crippen molar-refractivity contribution in [3.8, 4) is 0 Å². The summed E-state index contributed by atoms with van der Waals surface area (Å²) in [5.74, 6) is 0.208. The van der Waals surface area contributed by atoms with Crippen LogP contribution in [0.15, 0.2) is 34.9 Å². The van der Waals surface area contributed by atoms with Crippen molar-refractivity contribution in [2.24, 2.45) is 0 Å². The molecule has 0 aliphatic rings. The molecule has 0 saturated carbocycles. The Kier molecular flexibility index (Phi) is 3.23. The van der Waals surface area contributed by atoms with E-state index in [9.17, 15) is 9.59 Å². The number of nitrogens with one attached hydrogen (secondary N) is 1. The van der Waals surface area contributed by atoms with E-state index < -0.39 is 0 Å². The lowest BCUT2D eigenvalue weighted by atomic mass is 10.1. The lowest BCUT2D eigenvalue weighted by Crippen LogP contribution is -2.10. The highest BCUT2D eigenvalue weighted by Crippen LogP contribution is 2.12. The molecule has 0 aliphatic carbocycles. The van der Waals surface area contributed by atoms with Crippen molar-refractivity contribution in [2.45, 2.75) is 13.8 Å². The summed E-state index contributed by atoms with van der Waals surface area (Å²) in [4.78, 5) is 26.7. The van der Waals surface area contributed by atoms with Gasteiger partial charge in [0.25, 0.3) is 5.91 Å². The van der Waals surface area contributed by atoms with E-state index in [0.29, 0.717) is 17.1 Å². The molecule has 18 heavy (non-hydrogen) atoms. The third-order valence-electron chi connectivity index (χ3n) is 2.39. The minimum Gasteiger partial charge on any atom is -0.436 e. The maximum absolute atomic E-state index is 11.7. The topological polar surface area (TPSA) is 72.2 Å². The van der Waals surface area contributed by atoms with Gasteiger partial charge in [-0.3, -0.25) is 9.59 Å². The number of anilines is 1. The smallest absolute Gasteiger partial charge is 0.293 e. The van der Waals surface area contributed by atoms with Crippen LogP contribution in [0.4, 0.5) is 5.69 Å². The fourth-order valence-corrected chi connectivity index (χ4v) is 1.45. The van der Waals surface area contributed by atoms with Crippen molar-refractivity contribution < 1.29 is 14.0 Å². The minimum atomic E-state index is -0.369. The molecule has 92 valence electrons. The Labute approximate surface area is 104 Å². The zero-order chi connectivity index (χ0) is 13.1. The number of benzene rings is 1. The molecule has 0 radical (unpaired) electrons. The maximum Gasteiger partial charge on any atom is 0.293 e. The summed E-state index contributed by atoms with van der Waals surface area (Å²) >= 11 is 0. The third kappa shape index (κ3) is 2.63. The molecule has 5 heteroatoms. The van der Waals surface area contributed by atoms with Crippen molar-refractivity contribution in [2.75, 3.05) is 5.32 Å². The lowest BCUT2D eigenvalue weighted by Gasteiger charge is -2.03. The molecule has 1 aromatic heterocycles. The summed E-state index contributed by atoms with van der Waals surface area (Å²) in [6.07, 6.45) is 1.37. The summed E-state index contributed by atoms with van der Waals surface area (Å²) in [6, 6.07) is 6.64. The second-order valence-corrected chi connectivity index (χ2v) is 3.83. The quantitative estimate of drug-likeness (QED) is 0.841. The molecule has 1 aromatic carbocycles. The number of carbonyl (C=O) groups excluding carboxylic acids is 2. The molecule has 1 N–H and O–H groups in total. The molecule has 1 heterocycles. The van der Waals surface area contributed by atoms with Gasteiger partial charge in [0.15, 0.2) is 11.7 Å². The highest BCUT2D eigenvalue weighted by Gasteiger charge is 2.11. The molecule has 1 amide bonds. The third-order valence-corrected chi connectivity index (χ3v) is 2.39. The van der Waals surface area contributed by atoms with Gasteiger partial charge in [-0.25, -0.2) is 4.98 Å². The van der Waals surface area contributed by atoms with Crippen LogP contribution in [0, 0.1) is 6.92 Å². The predicted molar refractivity (Wildman–Crippen MR) is 65.6 cm³/mol. The molecule has 2 rings (SSSR count). The number of nitrogens with zero attached hydrogens (tertiary/aromatic N) is 1. The van der Waals surface area contributed by atoms with Gasteiger partial charge in [-0.15, -0.1) is 0 Å². The van der Waals surface area contributed by atoms with Gasteiger partial charge in [0.05, 0.1) is 6.20 Å². The number of amides is 1. The highest BCUT2D eigenvalue weighted by molar-refractivity contribution is 6.02. The first kappa shape index (κ1) is 12.0. The SMILES string of the molecule is CC(=O)c1ccc(NC(=O)c2cnc(C)o2)cc1. The Morgan fingerprint density at radius 3 is 2.39 bits per heavy atom. The number of aryl methyl sites for hydroxylation is 1. The van der Waals surface area contributed by atoms with Crippen LogP contribution in [0.25, 0.3) is 0 Å². The highest BCUT2D eigenvalue weighted by atomic mass is 16.4. The van der Waals surface area contributed by atoms with Gasteiger partial charge in [-0.05, 0) is 31.2 Å². The summed E-state index contributed by atoms with van der Waals surface area (Å²) in [7, 11) is 0. The first-order valence-corrected chi connectivity index (χ1v) is 5.41. The van der Waals surface area contributed by atoms with Gasteiger partial charge in [-0.1, -0.05) is 0 Å². The Bertz CT molecular complexity index is 585. The molecule has 0 spiro atoms. The Morgan fingerprint density at radius 2 is 1.89 bits per heavy atom. The molecular formula is C13H12N2O3. The molecule has 0 fully saturated rings. The first-order valence-electron chi connectivity index (χ1n) is 5.41. The van der Waals surface area contributed by atoms with E-state index in [0.717, 1.165) is 0 Å². The van der Waals surface area contributed by atoms with Crippen LogP contribution >= 0.6 is 0 Å². The number of aromatic nitrogens is 1. The molecule has 0 bridgehead atoms. The largest absolute Gasteiger partial charge is 0.436 e. The summed E-state index contributed by atoms with van der Waals surface area (Å²) in [5.41, 5.74) is 1.20. The van der Waals surface area contributed by atoms with E-state index >= 15 is 0 Å². The number of rotatable bonds is 3. The van der Waals surface area contributed by atoms with Crippen LogP contribution in [0.3, 0.4) is 0 Å². The van der Waals surface area contributed by atoms with Crippen LogP contribution in [0.2, 0.25) is 0 Å². The van der Waals surface area contributed by atoms with Crippen molar-refractivity contribution in [3.05, 3.63) is 47.7 Å². The van der Waals surface area contributed by atoms with Gasteiger partial charge in [0.2, 0.25) is 5.76 Å². The van der Waals surface area contributed by atoms with Crippen molar-refractivity contribution >= 4 is 17.4 Å². The number of carbonyl (C=O) groups is 2. The molecule has 5 nitrogen and oxygen atoms in total.